The van der Waals surface area contributed by atoms with Gasteiger partial charge in [0.2, 0.25) is 11.8 Å². The molecule has 0 aliphatic carbocycles. The van der Waals surface area contributed by atoms with E-state index in [0.717, 1.165) is 11.1 Å². The van der Waals surface area contributed by atoms with Crippen molar-refractivity contribution in [2.75, 3.05) is 6.54 Å². The van der Waals surface area contributed by atoms with Gasteiger partial charge in [0.15, 0.2) is 6.10 Å². The molecule has 0 aliphatic heterocycles. The van der Waals surface area contributed by atoms with Gasteiger partial charge in [0.1, 0.15) is 11.8 Å². The fourth-order valence-electron chi connectivity index (χ4n) is 4.04. The van der Waals surface area contributed by atoms with Gasteiger partial charge >= 0.3 is 13.6 Å². The summed E-state index contributed by atoms with van der Waals surface area (Å²) in [5.74, 6) is -4.35. The summed E-state index contributed by atoms with van der Waals surface area (Å²) in [5, 5.41) is 14.8. The van der Waals surface area contributed by atoms with E-state index in [1.807, 2.05) is 60.7 Å². The lowest BCUT2D eigenvalue weighted by Crippen LogP contribution is -2.52. The molecule has 2 aromatic carbocycles. The van der Waals surface area contributed by atoms with Crippen LogP contribution in [0.3, 0.4) is 0 Å². The maximum atomic E-state index is 13.4. The van der Waals surface area contributed by atoms with Gasteiger partial charge in [0.25, 0.3) is 0 Å². The minimum atomic E-state index is -4.64. The second kappa shape index (κ2) is 16.2. The van der Waals surface area contributed by atoms with Crippen molar-refractivity contribution in [3.05, 3.63) is 71.8 Å². The number of rotatable bonds is 17. The molecule has 0 saturated carbocycles. The Labute approximate surface area is 232 Å². The molecule has 0 bridgehead atoms. The Bertz CT molecular complexity index is 1110. The van der Waals surface area contributed by atoms with E-state index in [1.54, 1.807) is 13.8 Å². The van der Waals surface area contributed by atoms with E-state index >= 15 is 0 Å². The van der Waals surface area contributed by atoms with Gasteiger partial charge < -0.3 is 26.4 Å². The Hall–Kier alpha value is -3.04. The largest absolute Gasteiger partial charge is 0.479 e. The van der Waals surface area contributed by atoms with E-state index < -0.39 is 43.3 Å². The van der Waals surface area contributed by atoms with E-state index in [2.05, 4.69) is 10.6 Å². The van der Waals surface area contributed by atoms with Crippen molar-refractivity contribution < 1.29 is 36.3 Å². The molecule has 0 radical (unpaired) electrons. The van der Waals surface area contributed by atoms with Crippen molar-refractivity contribution in [3.63, 3.8) is 0 Å². The van der Waals surface area contributed by atoms with Crippen LogP contribution < -0.4 is 16.4 Å². The van der Waals surface area contributed by atoms with Crippen molar-refractivity contribution in [1.29, 1.82) is 0 Å². The summed E-state index contributed by atoms with van der Waals surface area (Å²) in [7, 11) is -4.64. The van der Waals surface area contributed by atoms with Gasteiger partial charge in [-0.25, -0.2) is 4.79 Å². The highest BCUT2D eigenvalue weighted by atomic mass is 31.2. The average molecular weight is 566 g/mol. The molecular weight excluding hydrogens is 521 g/mol. The molecule has 0 saturated heterocycles. The van der Waals surface area contributed by atoms with Gasteiger partial charge in [0.05, 0.1) is 0 Å². The summed E-state index contributed by atoms with van der Waals surface area (Å²) < 4.78 is 18.4. The summed E-state index contributed by atoms with van der Waals surface area (Å²) in [6, 6.07) is 17.5. The lowest BCUT2D eigenvalue weighted by Gasteiger charge is -2.30. The average Bonchev–Trinajstić information content (AvgIpc) is 2.90. The molecule has 0 spiro atoms. The zero-order chi connectivity index (χ0) is 28.8. The maximum Gasteiger partial charge on any atom is 0.351 e. The normalized spacial score (nSPS) is 15.1. The van der Waals surface area contributed by atoms with Crippen LogP contribution in [0, 0.1) is 5.92 Å². The molecule has 2 amide bonds. The monoisotopic (exact) mass is 565 g/mol. The van der Waals surface area contributed by atoms with Crippen molar-refractivity contribution in [2.45, 2.75) is 70.3 Å². The highest BCUT2D eigenvalue weighted by Crippen LogP contribution is 2.50. The minimum absolute atomic E-state index is 0. The molecule has 2 rings (SSSR count). The number of unbranched alkanes of at least 4 members (excludes halogenated alkanes) is 1. The zero-order valence-electron chi connectivity index (χ0n) is 22.5. The third kappa shape index (κ3) is 11.3. The van der Waals surface area contributed by atoms with Crippen molar-refractivity contribution in [3.8, 4) is 0 Å². The third-order valence-electron chi connectivity index (χ3n) is 6.17. The number of benzene rings is 2. The molecule has 0 aliphatic rings. The van der Waals surface area contributed by atoms with Gasteiger partial charge in [-0.3, -0.25) is 18.7 Å². The summed E-state index contributed by atoms with van der Waals surface area (Å²) >= 11 is 0. The molecule has 0 aromatic heterocycles. The summed E-state index contributed by atoms with van der Waals surface area (Å²) in [6.45, 7) is 3.59. The Balaban J connectivity index is 0.00000800. The molecule has 39 heavy (non-hydrogen) atoms. The number of nitrogens with two attached hydrogens (primary N) is 1. The first kappa shape index (κ1) is 32.2. The van der Waals surface area contributed by atoms with Gasteiger partial charge in [-0.15, -0.1) is 0 Å². The zero-order valence-corrected chi connectivity index (χ0v) is 23.4. The van der Waals surface area contributed by atoms with Gasteiger partial charge in [-0.1, -0.05) is 74.5 Å². The van der Waals surface area contributed by atoms with Crippen LogP contribution in [0.25, 0.3) is 0 Å². The molecule has 0 heterocycles. The van der Waals surface area contributed by atoms with Crippen LogP contribution in [-0.4, -0.2) is 52.3 Å². The molecule has 2 aromatic rings. The Kier molecular flexibility index (Phi) is 13.3. The maximum absolute atomic E-state index is 13.4. The van der Waals surface area contributed by atoms with Crippen LogP contribution >= 0.6 is 7.60 Å². The second-order valence-electron chi connectivity index (χ2n) is 9.77. The molecule has 3 unspecified atom stereocenters. The van der Waals surface area contributed by atoms with Crippen LogP contribution in [0.5, 0.6) is 0 Å². The quantitative estimate of drug-likeness (QED) is 0.143. The van der Waals surface area contributed by atoms with E-state index in [1.165, 1.54) is 0 Å². The standard InChI is InChI=1S/C28H40N3O7P.2H2/c1-20(2)27(39(36,37)38-24(28(34)35)15-9-10-18-29)31-26(33)23(19-22-13-7-4-8-14-22)30-25(32)17-16-21-11-5-3-6-12-21;;/h3-8,11-14,20,23-24,27H,9-10,15-19,29H2,1-2H3,(H,30,32)(H,31,33)(H,34,35)(H,36,37);2*1H/t23-,24?,27?;;/m0../s1. The Morgan fingerprint density at radius 3 is 2.10 bits per heavy atom. The fraction of sp³-hybridized carbons (Fsp3) is 0.464. The number of carbonyl (C=O) groups excluding carboxylic acids is 2. The number of aliphatic carboxylic acids is 1. The molecular formula is C28H44N3O7P. The van der Waals surface area contributed by atoms with Crippen LogP contribution in [0.1, 0.15) is 53.5 Å². The van der Waals surface area contributed by atoms with E-state index in [-0.39, 0.29) is 28.0 Å². The number of nitrogens with one attached hydrogen (secondary N) is 2. The van der Waals surface area contributed by atoms with Gasteiger partial charge in [-0.05, 0) is 49.3 Å². The lowest BCUT2D eigenvalue weighted by molar-refractivity contribution is -0.145. The number of aryl methyl sites for hydroxylation is 1. The highest BCUT2D eigenvalue weighted by molar-refractivity contribution is 7.53. The summed E-state index contributed by atoms with van der Waals surface area (Å²) in [6.07, 6.45) is 0.218. The first-order valence-electron chi connectivity index (χ1n) is 13.1. The molecule has 6 N–H and O–H groups in total. The summed E-state index contributed by atoms with van der Waals surface area (Å²) in [4.78, 5) is 48.6. The molecule has 11 heteroatoms. The third-order valence-corrected chi connectivity index (χ3v) is 8.15. The first-order valence-corrected chi connectivity index (χ1v) is 14.8. The molecule has 10 nitrogen and oxygen atoms in total. The van der Waals surface area contributed by atoms with E-state index in [0.29, 0.717) is 25.8 Å². The molecule has 4 atom stereocenters. The fourth-order valence-corrected chi connectivity index (χ4v) is 5.78. The molecule has 0 fully saturated rings. The van der Waals surface area contributed by atoms with Crippen LogP contribution in [-0.2, 0) is 36.3 Å². The highest BCUT2D eigenvalue weighted by Gasteiger charge is 2.41. The Morgan fingerprint density at radius 1 is 0.974 bits per heavy atom. The number of hydrogen-bond donors (Lipinski definition) is 5. The van der Waals surface area contributed by atoms with Crippen LogP contribution in [0.15, 0.2) is 60.7 Å². The van der Waals surface area contributed by atoms with Crippen LogP contribution in [0.4, 0.5) is 0 Å². The van der Waals surface area contributed by atoms with Gasteiger partial charge in [0, 0.05) is 15.7 Å². The van der Waals surface area contributed by atoms with Crippen LogP contribution in [0.2, 0.25) is 0 Å². The van der Waals surface area contributed by atoms with E-state index in [4.69, 9.17) is 10.3 Å². The van der Waals surface area contributed by atoms with Crippen molar-refractivity contribution >= 4 is 25.4 Å². The number of carboxylic acids is 1. The number of carbonyl (C=O) groups is 3. The topological polar surface area (TPSA) is 168 Å². The SMILES string of the molecule is CC(C)C(NC(=O)[C@H](Cc1ccccc1)NC(=O)CCc1ccccc1)P(=O)(O)OC(CCCCN)C(=O)O.[HH].[HH]. The minimum Gasteiger partial charge on any atom is -0.479 e. The van der Waals surface area contributed by atoms with E-state index in [9.17, 15) is 28.9 Å². The number of amides is 2. The van der Waals surface area contributed by atoms with Crippen molar-refractivity contribution in [1.82, 2.24) is 10.6 Å². The van der Waals surface area contributed by atoms with Crippen molar-refractivity contribution in [2.24, 2.45) is 11.7 Å². The molecule has 218 valence electrons. The number of hydrogen-bond acceptors (Lipinski definition) is 6. The smallest absolute Gasteiger partial charge is 0.351 e. The number of carboxylic acid groups (broad SMARTS) is 1. The summed E-state index contributed by atoms with van der Waals surface area (Å²) in [5.41, 5.74) is 7.23. The second-order valence-corrected chi connectivity index (χ2v) is 11.7. The predicted molar refractivity (Wildman–Crippen MR) is 153 cm³/mol. The Morgan fingerprint density at radius 2 is 1.56 bits per heavy atom. The van der Waals surface area contributed by atoms with Gasteiger partial charge in [-0.2, -0.15) is 0 Å². The predicted octanol–water partition coefficient (Wildman–Crippen LogP) is 3.72. The lowest BCUT2D eigenvalue weighted by atomic mass is 10.0. The first-order chi connectivity index (χ1) is 18.5.